The second-order valence-electron chi connectivity index (χ2n) is 6.21. The van der Waals surface area contributed by atoms with Gasteiger partial charge in [0, 0.05) is 31.4 Å². The van der Waals surface area contributed by atoms with Crippen LogP contribution in [0.4, 0.5) is 0 Å². The molecule has 0 saturated carbocycles. The Labute approximate surface area is 140 Å². The Bertz CT molecular complexity index is 753. The number of aromatic carboxylic acids is 1. The van der Waals surface area contributed by atoms with E-state index in [0.717, 1.165) is 30.8 Å². The number of hydrogen-bond donors (Lipinski definition) is 1. The lowest BCUT2D eigenvalue weighted by atomic mass is 9.89. The first-order valence-corrected chi connectivity index (χ1v) is 8.13. The quantitative estimate of drug-likeness (QED) is 0.935. The highest BCUT2D eigenvalue weighted by molar-refractivity contribution is 5.87. The van der Waals surface area contributed by atoms with Crippen LogP contribution in [0.1, 0.15) is 40.5 Å². The van der Waals surface area contributed by atoms with Gasteiger partial charge in [0.1, 0.15) is 12.4 Å². The van der Waals surface area contributed by atoms with Crippen molar-refractivity contribution in [1.82, 2.24) is 14.5 Å². The topological polar surface area (TPSA) is 75.4 Å². The van der Waals surface area contributed by atoms with Crippen LogP contribution in [0.25, 0.3) is 0 Å². The number of likely N-dealkylation sites (tertiary alicyclic amines) is 1. The molecular formula is C18H21N3O3. The lowest BCUT2D eigenvalue weighted by Gasteiger charge is -2.33. The maximum atomic E-state index is 12.6. The van der Waals surface area contributed by atoms with Crippen molar-refractivity contribution < 1.29 is 14.7 Å². The molecule has 1 N–H and O–H groups in total. The predicted octanol–water partition coefficient (Wildman–Crippen LogP) is 2.30. The van der Waals surface area contributed by atoms with Gasteiger partial charge in [0.05, 0.1) is 5.56 Å². The fourth-order valence-electron chi connectivity index (χ4n) is 3.22. The van der Waals surface area contributed by atoms with Crippen LogP contribution < -0.4 is 0 Å². The largest absolute Gasteiger partial charge is 0.478 e. The molecule has 0 aliphatic carbocycles. The van der Waals surface area contributed by atoms with Gasteiger partial charge < -0.3 is 14.6 Å². The molecule has 1 saturated heterocycles. The highest BCUT2D eigenvalue weighted by atomic mass is 16.4. The number of imidazole rings is 1. The number of carboxylic acid groups (broad SMARTS) is 1. The van der Waals surface area contributed by atoms with Crippen LogP contribution in [-0.4, -0.2) is 44.5 Å². The standard InChI is InChI=1S/C18H21N3O3/c1-13-19-7-9-20(13)12-17(22)21-8-3-6-16(11-21)14-4-2-5-15(10-14)18(23)24/h2,4-5,7,9-10,16H,3,6,8,11-12H2,1H3,(H,23,24)/t16-/m0/s1. The fraction of sp³-hybridized carbons (Fsp3) is 0.389. The summed E-state index contributed by atoms with van der Waals surface area (Å²) in [6.45, 7) is 3.56. The van der Waals surface area contributed by atoms with E-state index < -0.39 is 5.97 Å². The highest BCUT2D eigenvalue weighted by Gasteiger charge is 2.25. The molecule has 2 heterocycles. The molecule has 0 bridgehead atoms. The zero-order valence-electron chi connectivity index (χ0n) is 13.7. The minimum absolute atomic E-state index is 0.0789. The Morgan fingerprint density at radius 3 is 2.92 bits per heavy atom. The van der Waals surface area contributed by atoms with Crippen LogP contribution in [0.3, 0.4) is 0 Å². The zero-order chi connectivity index (χ0) is 17.1. The molecule has 0 radical (unpaired) electrons. The average Bonchev–Trinajstić information content (AvgIpc) is 3.00. The normalized spacial score (nSPS) is 17.7. The van der Waals surface area contributed by atoms with Gasteiger partial charge in [0.25, 0.3) is 0 Å². The molecule has 1 fully saturated rings. The molecule has 1 amide bonds. The van der Waals surface area contributed by atoms with E-state index in [1.54, 1.807) is 24.4 Å². The van der Waals surface area contributed by atoms with Gasteiger partial charge in [-0.2, -0.15) is 0 Å². The lowest BCUT2D eigenvalue weighted by molar-refractivity contribution is -0.133. The first-order valence-electron chi connectivity index (χ1n) is 8.13. The fourth-order valence-corrected chi connectivity index (χ4v) is 3.22. The number of nitrogens with zero attached hydrogens (tertiary/aromatic N) is 3. The zero-order valence-corrected chi connectivity index (χ0v) is 13.7. The number of aromatic nitrogens is 2. The number of rotatable bonds is 4. The van der Waals surface area contributed by atoms with Gasteiger partial charge in [-0.15, -0.1) is 0 Å². The first-order chi connectivity index (χ1) is 11.5. The summed E-state index contributed by atoms with van der Waals surface area (Å²) < 4.78 is 1.84. The van der Waals surface area contributed by atoms with Crippen LogP contribution >= 0.6 is 0 Å². The number of carbonyl (C=O) groups is 2. The highest BCUT2D eigenvalue weighted by Crippen LogP contribution is 2.27. The van der Waals surface area contributed by atoms with Crippen molar-refractivity contribution in [2.75, 3.05) is 13.1 Å². The molecule has 0 unspecified atom stereocenters. The summed E-state index contributed by atoms with van der Waals surface area (Å²) >= 11 is 0. The summed E-state index contributed by atoms with van der Waals surface area (Å²) in [5.74, 6) is 0.170. The molecule has 1 aromatic carbocycles. The minimum atomic E-state index is -0.920. The van der Waals surface area contributed by atoms with Crippen LogP contribution in [0, 0.1) is 6.92 Å². The van der Waals surface area contributed by atoms with Crippen molar-refractivity contribution in [1.29, 1.82) is 0 Å². The van der Waals surface area contributed by atoms with Crippen molar-refractivity contribution in [2.24, 2.45) is 0 Å². The van der Waals surface area contributed by atoms with Gasteiger partial charge in [0.2, 0.25) is 5.91 Å². The van der Waals surface area contributed by atoms with Crippen molar-refractivity contribution in [2.45, 2.75) is 32.2 Å². The van der Waals surface area contributed by atoms with E-state index in [1.165, 1.54) is 0 Å². The molecule has 0 spiro atoms. The van der Waals surface area contributed by atoms with Gasteiger partial charge in [0.15, 0.2) is 0 Å². The SMILES string of the molecule is Cc1nccn1CC(=O)N1CCC[C@H](c2cccc(C(=O)O)c2)C1. The van der Waals surface area contributed by atoms with Crippen molar-refractivity contribution in [3.8, 4) is 0 Å². The molecule has 6 heteroatoms. The number of carbonyl (C=O) groups excluding carboxylic acids is 1. The Kier molecular flexibility index (Phi) is 4.64. The average molecular weight is 327 g/mol. The molecule has 3 rings (SSSR count). The number of amides is 1. The summed E-state index contributed by atoms with van der Waals surface area (Å²) in [4.78, 5) is 29.7. The first kappa shape index (κ1) is 16.2. The van der Waals surface area contributed by atoms with E-state index in [-0.39, 0.29) is 11.8 Å². The molecule has 6 nitrogen and oxygen atoms in total. The number of piperidine rings is 1. The smallest absolute Gasteiger partial charge is 0.335 e. The summed E-state index contributed by atoms with van der Waals surface area (Å²) in [5, 5.41) is 9.14. The van der Waals surface area contributed by atoms with E-state index in [9.17, 15) is 9.59 Å². The maximum Gasteiger partial charge on any atom is 0.335 e. The Morgan fingerprint density at radius 2 is 2.21 bits per heavy atom. The molecule has 1 aliphatic heterocycles. The summed E-state index contributed by atoms with van der Waals surface area (Å²) in [5.41, 5.74) is 1.29. The molecular weight excluding hydrogens is 306 g/mol. The summed E-state index contributed by atoms with van der Waals surface area (Å²) in [6, 6.07) is 7.04. The van der Waals surface area contributed by atoms with E-state index in [0.29, 0.717) is 18.7 Å². The second-order valence-corrected chi connectivity index (χ2v) is 6.21. The summed E-state index contributed by atoms with van der Waals surface area (Å²) in [6.07, 6.45) is 5.40. The number of carboxylic acids is 1. The minimum Gasteiger partial charge on any atom is -0.478 e. The monoisotopic (exact) mass is 327 g/mol. The van der Waals surface area contributed by atoms with Crippen molar-refractivity contribution >= 4 is 11.9 Å². The molecule has 24 heavy (non-hydrogen) atoms. The van der Waals surface area contributed by atoms with E-state index in [2.05, 4.69) is 4.98 Å². The van der Waals surface area contributed by atoms with Gasteiger partial charge in [-0.05, 0) is 37.5 Å². The van der Waals surface area contributed by atoms with Crippen LogP contribution in [0.15, 0.2) is 36.7 Å². The van der Waals surface area contributed by atoms with E-state index in [1.807, 2.05) is 28.7 Å². The number of aryl methyl sites for hydroxylation is 1. The van der Waals surface area contributed by atoms with Gasteiger partial charge >= 0.3 is 5.97 Å². The lowest BCUT2D eigenvalue weighted by Crippen LogP contribution is -2.40. The molecule has 1 aromatic heterocycles. The Balaban J connectivity index is 1.70. The molecule has 126 valence electrons. The van der Waals surface area contributed by atoms with Crippen LogP contribution in [0.5, 0.6) is 0 Å². The second kappa shape index (κ2) is 6.86. The van der Waals surface area contributed by atoms with Gasteiger partial charge in [-0.25, -0.2) is 9.78 Å². The molecule has 2 aromatic rings. The summed E-state index contributed by atoms with van der Waals surface area (Å²) in [7, 11) is 0. The van der Waals surface area contributed by atoms with Crippen LogP contribution in [0.2, 0.25) is 0 Å². The molecule has 1 atom stereocenters. The maximum absolute atomic E-state index is 12.6. The third kappa shape index (κ3) is 3.48. The van der Waals surface area contributed by atoms with E-state index >= 15 is 0 Å². The van der Waals surface area contributed by atoms with Crippen molar-refractivity contribution in [3.63, 3.8) is 0 Å². The van der Waals surface area contributed by atoms with Crippen LogP contribution in [-0.2, 0) is 11.3 Å². The third-order valence-electron chi connectivity index (χ3n) is 4.61. The van der Waals surface area contributed by atoms with Crippen molar-refractivity contribution in [3.05, 3.63) is 53.6 Å². The Hall–Kier alpha value is -2.63. The predicted molar refractivity (Wildman–Crippen MR) is 88.9 cm³/mol. The third-order valence-corrected chi connectivity index (χ3v) is 4.61. The van der Waals surface area contributed by atoms with E-state index in [4.69, 9.17) is 5.11 Å². The van der Waals surface area contributed by atoms with Gasteiger partial charge in [-0.3, -0.25) is 4.79 Å². The van der Waals surface area contributed by atoms with Gasteiger partial charge in [-0.1, -0.05) is 12.1 Å². The Morgan fingerprint density at radius 1 is 1.38 bits per heavy atom. The number of hydrogen-bond acceptors (Lipinski definition) is 3. The number of benzene rings is 1. The molecule has 1 aliphatic rings.